The van der Waals surface area contributed by atoms with Crippen LogP contribution in [0, 0.1) is 0 Å². The van der Waals surface area contributed by atoms with Crippen molar-refractivity contribution in [2.75, 3.05) is 26.5 Å². The number of carbonyl (C=O) groups excluding carboxylic acids is 2. The third kappa shape index (κ3) is 9.25. The van der Waals surface area contributed by atoms with Crippen LogP contribution in [0.25, 0.3) is 0 Å². The molecule has 0 fully saturated rings. The number of benzene rings is 2. The Morgan fingerprint density at radius 3 is 2.31 bits per heavy atom. The molecular formula is C23H29F2N2O10PS. The minimum atomic E-state index is -5.76. The van der Waals surface area contributed by atoms with Gasteiger partial charge in [-0.15, -0.1) is 0 Å². The average molecular weight is 595 g/mol. The second-order valence-corrected chi connectivity index (χ2v) is 11.8. The number of rotatable bonds is 14. The Morgan fingerprint density at radius 2 is 1.74 bits per heavy atom. The van der Waals surface area contributed by atoms with Crippen molar-refractivity contribution in [1.82, 2.24) is 10.0 Å². The van der Waals surface area contributed by atoms with Gasteiger partial charge >= 0.3 is 19.2 Å². The third-order valence-corrected chi connectivity index (χ3v) is 7.00. The zero-order valence-electron chi connectivity index (χ0n) is 21.0. The van der Waals surface area contributed by atoms with Crippen molar-refractivity contribution in [3.05, 3.63) is 59.2 Å². The number of phenolic OH excluding ortho intramolecular Hbond substituents is 1. The van der Waals surface area contributed by atoms with Gasteiger partial charge in [0.25, 0.3) is 0 Å². The number of hydrogen-bond donors (Lipinski definition) is 5. The van der Waals surface area contributed by atoms with Gasteiger partial charge in [-0.25, -0.2) is 17.9 Å². The quantitative estimate of drug-likeness (QED) is 0.123. The molecule has 0 aliphatic heterocycles. The van der Waals surface area contributed by atoms with Gasteiger partial charge in [0.2, 0.25) is 15.9 Å². The number of methoxy groups -OCH3 is 1. The van der Waals surface area contributed by atoms with Gasteiger partial charge in [-0.05, 0) is 37.0 Å². The molecule has 2 rings (SSSR count). The van der Waals surface area contributed by atoms with E-state index in [1.54, 1.807) is 0 Å². The first-order valence-corrected chi connectivity index (χ1v) is 14.9. The summed E-state index contributed by atoms with van der Waals surface area (Å²) >= 11 is 0. The predicted octanol–water partition coefficient (Wildman–Crippen LogP) is 1.84. The van der Waals surface area contributed by atoms with Crippen molar-refractivity contribution >= 4 is 29.5 Å². The first-order valence-electron chi connectivity index (χ1n) is 11.4. The molecule has 216 valence electrons. The number of nitrogens with one attached hydrogen (secondary N) is 2. The van der Waals surface area contributed by atoms with Gasteiger partial charge in [0.05, 0.1) is 20.0 Å². The number of alkyl halides is 2. The molecule has 2 aromatic rings. The molecule has 0 unspecified atom stereocenters. The summed E-state index contributed by atoms with van der Waals surface area (Å²) in [4.78, 5) is 42.2. The van der Waals surface area contributed by atoms with Crippen LogP contribution in [-0.4, -0.2) is 67.7 Å². The van der Waals surface area contributed by atoms with Gasteiger partial charge in [0, 0.05) is 12.1 Å². The molecule has 12 nitrogen and oxygen atoms in total. The highest BCUT2D eigenvalue weighted by atomic mass is 32.2. The van der Waals surface area contributed by atoms with E-state index in [9.17, 15) is 36.5 Å². The van der Waals surface area contributed by atoms with Crippen LogP contribution in [0.2, 0.25) is 0 Å². The SMILES string of the molecule is COC(=O)c1c(O)cccc1OCCCCNC(=O)[C@H](Cc1ccc(C(F)(F)P(=O)(O)O)cc1)NS(C)(=O)=O. The van der Waals surface area contributed by atoms with E-state index < -0.39 is 46.8 Å². The number of hydrogen-bond acceptors (Lipinski definition) is 8. The van der Waals surface area contributed by atoms with E-state index >= 15 is 0 Å². The van der Waals surface area contributed by atoms with Gasteiger partial charge in [-0.1, -0.05) is 30.3 Å². The Balaban J connectivity index is 1.94. The largest absolute Gasteiger partial charge is 0.507 e. The number of halogens is 2. The molecule has 0 saturated carbocycles. The number of ether oxygens (including phenoxy) is 2. The third-order valence-electron chi connectivity index (χ3n) is 5.30. The van der Waals surface area contributed by atoms with Crippen LogP contribution in [0.4, 0.5) is 8.78 Å². The Kier molecular flexibility index (Phi) is 11.0. The van der Waals surface area contributed by atoms with Crippen LogP contribution in [0.15, 0.2) is 42.5 Å². The molecule has 0 saturated heterocycles. The second kappa shape index (κ2) is 13.3. The van der Waals surface area contributed by atoms with E-state index in [-0.39, 0.29) is 42.2 Å². The Labute approximate surface area is 223 Å². The summed E-state index contributed by atoms with van der Waals surface area (Å²) < 4.78 is 74.6. The van der Waals surface area contributed by atoms with Crippen molar-refractivity contribution < 1.29 is 55.7 Å². The summed E-state index contributed by atoms with van der Waals surface area (Å²) in [7, 11) is -8.43. The molecule has 39 heavy (non-hydrogen) atoms. The first kappa shape index (κ1) is 32.1. The Bertz CT molecular complexity index is 1320. The lowest BCUT2D eigenvalue weighted by molar-refractivity contribution is -0.122. The standard InChI is InChI=1S/C23H29F2N2O10PS/c1-36-22(30)20-18(28)6-5-7-19(20)37-13-4-3-12-26-21(29)17(27-39(2,34)35)14-15-8-10-16(11-9-15)23(24,25)38(31,32)33/h5-11,17,27-28H,3-4,12-14H2,1-2H3,(H,26,29)(H2,31,32,33)/t17-/m0/s1. The maximum absolute atomic E-state index is 13.9. The number of amides is 1. The van der Waals surface area contributed by atoms with Crippen molar-refractivity contribution in [2.24, 2.45) is 0 Å². The summed E-state index contributed by atoms with van der Waals surface area (Å²) in [5, 5.41) is 12.4. The van der Waals surface area contributed by atoms with Gasteiger partial charge in [0.1, 0.15) is 23.1 Å². The van der Waals surface area contributed by atoms with Crippen LogP contribution in [-0.2, 0) is 36.2 Å². The zero-order valence-corrected chi connectivity index (χ0v) is 22.7. The van der Waals surface area contributed by atoms with Crippen LogP contribution in [0.1, 0.15) is 34.3 Å². The van der Waals surface area contributed by atoms with Crippen LogP contribution >= 0.6 is 7.60 Å². The smallest absolute Gasteiger partial charge is 0.399 e. The minimum Gasteiger partial charge on any atom is -0.507 e. The maximum atomic E-state index is 13.9. The fraction of sp³-hybridized carbons (Fsp3) is 0.391. The minimum absolute atomic E-state index is 0.118. The van der Waals surface area contributed by atoms with E-state index in [2.05, 4.69) is 14.8 Å². The first-order chi connectivity index (χ1) is 18.1. The number of sulfonamides is 1. The van der Waals surface area contributed by atoms with Crippen molar-refractivity contribution in [3.63, 3.8) is 0 Å². The summed E-state index contributed by atoms with van der Waals surface area (Å²) in [6.45, 7) is 0.251. The fourth-order valence-electron chi connectivity index (χ4n) is 3.38. The van der Waals surface area contributed by atoms with Crippen molar-refractivity contribution in [2.45, 2.75) is 31.0 Å². The average Bonchev–Trinajstić information content (AvgIpc) is 2.84. The van der Waals surface area contributed by atoms with Gasteiger partial charge in [0.15, 0.2) is 0 Å². The molecule has 0 bridgehead atoms. The molecule has 0 spiro atoms. The molecule has 0 aliphatic rings. The van der Waals surface area contributed by atoms with Crippen LogP contribution in [0.3, 0.4) is 0 Å². The van der Waals surface area contributed by atoms with Gasteiger partial charge in [-0.3, -0.25) is 9.36 Å². The van der Waals surface area contributed by atoms with E-state index in [1.807, 2.05) is 0 Å². The summed E-state index contributed by atoms with van der Waals surface area (Å²) in [5.74, 6) is -1.65. The lowest BCUT2D eigenvalue weighted by atomic mass is 10.0. The van der Waals surface area contributed by atoms with Crippen LogP contribution < -0.4 is 14.8 Å². The lowest BCUT2D eigenvalue weighted by Crippen LogP contribution is -2.47. The molecule has 0 aromatic heterocycles. The number of unbranched alkanes of at least 4 members (excludes halogenated alkanes) is 1. The molecule has 0 radical (unpaired) electrons. The Hall–Kier alpha value is -3.10. The highest BCUT2D eigenvalue weighted by Gasteiger charge is 2.50. The van der Waals surface area contributed by atoms with E-state index in [0.29, 0.717) is 12.8 Å². The zero-order chi connectivity index (χ0) is 29.4. The lowest BCUT2D eigenvalue weighted by Gasteiger charge is -2.20. The monoisotopic (exact) mass is 594 g/mol. The van der Waals surface area contributed by atoms with E-state index in [1.165, 1.54) is 18.2 Å². The summed E-state index contributed by atoms with van der Waals surface area (Å²) in [6.07, 6.45) is 1.43. The van der Waals surface area contributed by atoms with Crippen LogP contribution in [0.5, 0.6) is 11.5 Å². The number of esters is 1. The number of carbonyl (C=O) groups is 2. The van der Waals surface area contributed by atoms with E-state index in [0.717, 1.165) is 37.6 Å². The number of aromatic hydroxyl groups is 1. The second-order valence-electron chi connectivity index (χ2n) is 8.42. The normalized spacial score (nSPS) is 13.0. The highest BCUT2D eigenvalue weighted by molar-refractivity contribution is 7.88. The summed E-state index contributed by atoms with van der Waals surface area (Å²) in [6, 6.07) is 6.80. The molecule has 16 heteroatoms. The highest BCUT2D eigenvalue weighted by Crippen LogP contribution is 2.59. The van der Waals surface area contributed by atoms with Crippen molar-refractivity contribution in [1.29, 1.82) is 0 Å². The molecule has 5 N–H and O–H groups in total. The molecule has 2 aromatic carbocycles. The molecule has 0 aliphatic carbocycles. The number of phenols is 1. The topological polar surface area (TPSA) is 189 Å². The fourth-order valence-corrected chi connectivity index (χ4v) is 4.58. The molecule has 0 heterocycles. The molecule has 1 amide bonds. The summed E-state index contributed by atoms with van der Waals surface area (Å²) in [5.41, 5.74) is -5.19. The maximum Gasteiger partial charge on any atom is 0.399 e. The van der Waals surface area contributed by atoms with Gasteiger partial charge < -0.3 is 29.7 Å². The van der Waals surface area contributed by atoms with Crippen molar-refractivity contribution in [3.8, 4) is 11.5 Å². The van der Waals surface area contributed by atoms with E-state index in [4.69, 9.17) is 14.5 Å². The molecule has 1 atom stereocenters. The Morgan fingerprint density at radius 1 is 1.10 bits per heavy atom. The van der Waals surface area contributed by atoms with Gasteiger partial charge in [-0.2, -0.15) is 8.78 Å². The molecular weight excluding hydrogens is 565 g/mol. The predicted molar refractivity (Wildman–Crippen MR) is 135 cm³/mol.